The van der Waals surface area contributed by atoms with E-state index in [-0.39, 0.29) is 12.7 Å². The van der Waals surface area contributed by atoms with Crippen molar-refractivity contribution in [2.75, 3.05) is 24.6 Å². The number of aliphatic hydroxyl groups excluding tert-OH is 2. The largest absolute Gasteiger partial charge is 0.396 e. The van der Waals surface area contributed by atoms with Gasteiger partial charge in [-0.25, -0.2) is 0 Å². The molecule has 4 nitrogen and oxygen atoms in total. The number of hydrogen-bond donors (Lipinski definition) is 3. The number of aliphatic hydroxyl groups is 2. The number of nitrogens with zero attached hydrogens (tertiary/aromatic N) is 1. The van der Waals surface area contributed by atoms with Crippen LogP contribution in [0.4, 0.5) is 5.69 Å². The van der Waals surface area contributed by atoms with Crippen molar-refractivity contribution >= 4 is 5.69 Å². The summed E-state index contributed by atoms with van der Waals surface area (Å²) in [6.07, 6.45) is 5.05. The Balaban J connectivity index is 1.57. The predicted molar refractivity (Wildman–Crippen MR) is 93.7 cm³/mol. The summed E-state index contributed by atoms with van der Waals surface area (Å²) in [7, 11) is 0. The van der Waals surface area contributed by atoms with Crippen LogP contribution in [0.5, 0.6) is 0 Å². The third-order valence-corrected chi connectivity index (χ3v) is 5.32. The minimum Gasteiger partial charge on any atom is -0.396 e. The summed E-state index contributed by atoms with van der Waals surface area (Å²) < 4.78 is 0. The van der Waals surface area contributed by atoms with Crippen LogP contribution in [0.1, 0.15) is 50.6 Å². The first kappa shape index (κ1) is 16.7. The van der Waals surface area contributed by atoms with Gasteiger partial charge >= 0.3 is 0 Å². The second kappa shape index (κ2) is 7.65. The highest BCUT2D eigenvalue weighted by Gasteiger charge is 2.31. The molecule has 128 valence electrons. The molecule has 2 fully saturated rings. The molecule has 0 spiro atoms. The summed E-state index contributed by atoms with van der Waals surface area (Å²) >= 11 is 0. The molecule has 2 atom stereocenters. The molecule has 0 radical (unpaired) electrons. The SMILES string of the molecule is CC(NC(CCO)C1CC1)c1ccc(N2CCC(O)CC2)cc1. The molecule has 0 aromatic heterocycles. The van der Waals surface area contributed by atoms with Gasteiger partial charge in [-0.15, -0.1) is 0 Å². The third kappa shape index (κ3) is 4.46. The van der Waals surface area contributed by atoms with Crippen molar-refractivity contribution in [1.29, 1.82) is 0 Å². The van der Waals surface area contributed by atoms with Crippen molar-refractivity contribution in [1.82, 2.24) is 5.32 Å². The lowest BCUT2D eigenvalue weighted by molar-refractivity contribution is 0.145. The predicted octanol–water partition coefficient (Wildman–Crippen LogP) is 2.46. The van der Waals surface area contributed by atoms with E-state index < -0.39 is 0 Å². The Morgan fingerprint density at radius 3 is 2.35 bits per heavy atom. The minimum absolute atomic E-state index is 0.124. The van der Waals surface area contributed by atoms with Gasteiger partial charge in [-0.2, -0.15) is 0 Å². The molecule has 1 saturated heterocycles. The molecule has 1 aromatic carbocycles. The fraction of sp³-hybridized carbons (Fsp3) is 0.684. The average molecular weight is 318 g/mol. The Labute approximate surface area is 139 Å². The third-order valence-electron chi connectivity index (χ3n) is 5.32. The van der Waals surface area contributed by atoms with E-state index in [1.807, 2.05) is 0 Å². The second-order valence-electron chi connectivity index (χ2n) is 7.15. The quantitative estimate of drug-likeness (QED) is 0.723. The Kier molecular flexibility index (Phi) is 5.57. The first-order chi connectivity index (χ1) is 11.2. The van der Waals surface area contributed by atoms with E-state index in [0.717, 1.165) is 38.3 Å². The van der Waals surface area contributed by atoms with E-state index in [4.69, 9.17) is 0 Å². The molecule has 23 heavy (non-hydrogen) atoms. The lowest BCUT2D eigenvalue weighted by atomic mass is 10.0. The number of nitrogens with one attached hydrogen (secondary N) is 1. The van der Waals surface area contributed by atoms with Gasteiger partial charge in [0.25, 0.3) is 0 Å². The first-order valence-electron chi connectivity index (χ1n) is 9.07. The van der Waals surface area contributed by atoms with Gasteiger partial charge in [-0.3, -0.25) is 0 Å². The number of anilines is 1. The fourth-order valence-electron chi connectivity index (χ4n) is 3.61. The zero-order chi connectivity index (χ0) is 16.2. The fourth-order valence-corrected chi connectivity index (χ4v) is 3.61. The Morgan fingerprint density at radius 2 is 1.78 bits per heavy atom. The van der Waals surface area contributed by atoms with Crippen molar-refractivity contribution in [3.63, 3.8) is 0 Å². The van der Waals surface area contributed by atoms with Crippen molar-refractivity contribution in [3.8, 4) is 0 Å². The highest BCUT2D eigenvalue weighted by atomic mass is 16.3. The van der Waals surface area contributed by atoms with Crippen molar-refractivity contribution in [2.24, 2.45) is 5.92 Å². The summed E-state index contributed by atoms with van der Waals surface area (Å²) in [5, 5.41) is 22.5. The topological polar surface area (TPSA) is 55.7 Å². The molecule has 1 saturated carbocycles. The Morgan fingerprint density at radius 1 is 1.13 bits per heavy atom. The smallest absolute Gasteiger partial charge is 0.0574 e. The molecule has 3 rings (SSSR count). The molecule has 2 aliphatic rings. The highest BCUT2D eigenvalue weighted by Crippen LogP contribution is 2.35. The average Bonchev–Trinajstić information content (AvgIpc) is 3.40. The van der Waals surface area contributed by atoms with Crippen molar-refractivity contribution < 1.29 is 10.2 Å². The summed E-state index contributed by atoms with van der Waals surface area (Å²) in [6, 6.07) is 9.57. The molecule has 1 aliphatic heterocycles. The van der Waals surface area contributed by atoms with Crippen molar-refractivity contribution in [2.45, 2.75) is 57.2 Å². The zero-order valence-electron chi connectivity index (χ0n) is 14.1. The van der Waals surface area contributed by atoms with E-state index in [0.29, 0.717) is 12.1 Å². The number of benzene rings is 1. The maximum Gasteiger partial charge on any atom is 0.0574 e. The standard InChI is InChI=1S/C19H30N2O2/c1-14(20-19(10-13-22)16-2-3-16)15-4-6-17(7-5-15)21-11-8-18(23)9-12-21/h4-7,14,16,18-20,22-23H,2-3,8-13H2,1H3. The van der Waals surface area contributed by atoms with Crippen LogP contribution >= 0.6 is 0 Å². The number of piperidine rings is 1. The molecular formula is C19H30N2O2. The molecule has 1 aliphatic carbocycles. The molecule has 0 bridgehead atoms. The molecule has 4 heteroatoms. The van der Waals surface area contributed by atoms with Crippen molar-refractivity contribution in [3.05, 3.63) is 29.8 Å². The normalized spacial score (nSPS) is 22.1. The summed E-state index contributed by atoms with van der Waals surface area (Å²) in [4.78, 5) is 2.35. The number of rotatable bonds is 7. The Bertz CT molecular complexity index is 479. The van der Waals surface area contributed by atoms with E-state index in [1.165, 1.54) is 24.1 Å². The van der Waals surface area contributed by atoms with Crippen LogP contribution in [0.2, 0.25) is 0 Å². The second-order valence-corrected chi connectivity index (χ2v) is 7.15. The lowest BCUT2D eigenvalue weighted by Crippen LogP contribution is -2.36. The van der Waals surface area contributed by atoms with Crippen LogP contribution in [-0.4, -0.2) is 42.1 Å². The van der Waals surface area contributed by atoms with Gasteiger partial charge in [0.15, 0.2) is 0 Å². The number of hydrogen-bond acceptors (Lipinski definition) is 4. The van der Waals surface area contributed by atoms with Crippen LogP contribution in [0, 0.1) is 5.92 Å². The van der Waals surface area contributed by atoms with Crippen LogP contribution in [-0.2, 0) is 0 Å². The van der Waals surface area contributed by atoms with Gasteiger partial charge in [0.2, 0.25) is 0 Å². The molecule has 1 heterocycles. The summed E-state index contributed by atoms with van der Waals surface area (Å²) in [5.74, 6) is 0.753. The van der Waals surface area contributed by atoms with Crippen LogP contribution < -0.4 is 10.2 Å². The molecule has 3 N–H and O–H groups in total. The summed E-state index contributed by atoms with van der Waals surface area (Å²) in [5.41, 5.74) is 2.55. The highest BCUT2D eigenvalue weighted by molar-refractivity contribution is 5.48. The van der Waals surface area contributed by atoms with Crippen LogP contribution in [0.3, 0.4) is 0 Å². The van der Waals surface area contributed by atoms with Gasteiger partial charge in [0, 0.05) is 37.5 Å². The maximum atomic E-state index is 9.62. The molecular weight excluding hydrogens is 288 g/mol. The van der Waals surface area contributed by atoms with Crippen LogP contribution in [0.25, 0.3) is 0 Å². The van der Waals surface area contributed by atoms with Gasteiger partial charge in [-0.05, 0) is 62.6 Å². The Hall–Kier alpha value is -1.10. The monoisotopic (exact) mass is 318 g/mol. The van der Waals surface area contributed by atoms with E-state index in [2.05, 4.69) is 41.4 Å². The van der Waals surface area contributed by atoms with Gasteiger partial charge in [-0.1, -0.05) is 12.1 Å². The first-order valence-corrected chi connectivity index (χ1v) is 9.07. The summed E-state index contributed by atoms with van der Waals surface area (Å²) in [6.45, 7) is 4.35. The van der Waals surface area contributed by atoms with Crippen LogP contribution in [0.15, 0.2) is 24.3 Å². The zero-order valence-corrected chi connectivity index (χ0v) is 14.1. The van der Waals surface area contributed by atoms with Gasteiger partial charge < -0.3 is 20.4 Å². The minimum atomic E-state index is -0.124. The molecule has 1 aromatic rings. The van der Waals surface area contributed by atoms with E-state index in [9.17, 15) is 10.2 Å². The van der Waals surface area contributed by atoms with E-state index in [1.54, 1.807) is 0 Å². The van der Waals surface area contributed by atoms with E-state index >= 15 is 0 Å². The molecule has 2 unspecified atom stereocenters. The lowest BCUT2D eigenvalue weighted by Gasteiger charge is -2.31. The maximum absolute atomic E-state index is 9.62. The van der Waals surface area contributed by atoms with Gasteiger partial charge in [0.05, 0.1) is 6.10 Å². The molecule has 0 amide bonds. The van der Waals surface area contributed by atoms with Gasteiger partial charge in [0.1, 0.15) is 0 Å².